The summed E-state index contributed by atoms with van der Waals surface area (Å²) in [6.07, 6.45) is -5.41. The van der Waals surface area contributed by atoms with Crippen LogP contribution in [-0.2, 0) is 6.18 Å². The van der Waals surface area contributed by atoms with Gasteiger partial charge in [0, 0.05) is 21.5 Å². The lowest BCUT2D eigenvalue weighted by atomic mass is 9.97. The molecule has 12 aromatic rings. The molecule has 10 aromatic carbocycles. The van der Waals surface area contributed by atoms with Crippen LogP contribution in [0, 0.1) is 64.9 Å². The highest BCUT2D eigenvalue weighted by atomic mass is 19.4. The van der Waals surface area contributed by atoms with Gasteiger partial charge in [-0.2, -0.15) is 23.7 Å². The van der Waals surface area contributed by atoms with Gasteiger partial charge < -0.3 is 9.13 Å². The number of rotatable bonds is 7. The van der Waals surface area contributed by atoms with E-state index >= 15 is 30.7 Å². The van der Waals surface area contributed by atoms with E-state index in [0.717, 1.165) is 12.1 Å². The first kappa shape index (κ1) is 49.1. The third kappa shape index (κ3) is 7.81. The van der Waals surface area contributed by atoms with Crippen molar-refractivity contribution in [3.8, 4) is 79.1 Å². The summed E-state index contributed by atoms with van der Waals surface area (Å²) < 4.78 is 133. The molecule has 0 aliphatic heterocycles. The normalized spacial score (nSPS) is 11.5. The summed E-state index contributed by atoms with van der Waals surface area (Å²) in [6.45, 7) is 15.9. The Bertz CT molecular complexity index is 4270. The number of nitrogens with zero attached hydrogens (tertiary/aromatic N) is 6. The molecule has 2 aromatic heterocycles. The first-order chi connectivity index (χ1) is 38.2. The molecule has 2 heterocycles. The van der Waals surface area contributed by atoms with Crippen LogP contribution in [0.4, 0.5) is 46.5 Å². The fourth-order valence-corrected chi connectivity index (χ4v) is 10.8. The van der Waals surface area contributed by atoms with Crippen LogP contribution in [0.15, 0.2) is 182 Å². The molecule has 0 saturated carbocycles. The first-order valence-electron chi connectivity index (χ1n) is 24.1. The molecule has 0 atom stereocenters. The van der Waals surface area contributed by atoms with Crippen molar-refractivity contribution in [2.45, 2.75) is 6.18 Å². The monoisotopic (exact) mass is 1050 g/mol. The predicted molar refractivity (Wildman–Crippen MR) is 289 cm³/mol. The maximum absolute atomic E-state index is 17.3. The Balaban J connectivity index is 1.31. The van der Waals surface area contributed by atoms with Gasteiger partial charge in [0.15, 0.2) is 34.6 Å². The molecular weight excluding hydrogens is 1020 g/mol. The number of benzene rings is 10. The molecule has 0 aliphatic carbocycles. The number of nitriles is 2. The van der Waals surface area contributed by atoms with Crippen LogP contribution in [0.5, 0.6) is 0 Å². The van der Waals surface area contributed by atoms with Gasteiger partial charge in [0.1, 0.15) is 5.56 Å². The van der Waals surface area contributed by atoms with Crippen LogP contribution in [0.1, 0.15) is 16.7 Å². The van der Waals surface area contributed by atoms with Gasteiger partial charge in [-0.05, 0) is 98.6 Å². The second-order valence-corrected chi connectivity index (χ2v) is 18.5. The van der Waals surface area contributed by atoms with Crippen molar-refractivity contribution in [1.82, 2.24) is 9.13 Å². The van der Waals surface area contributed by atoms with E-state index in [1.54, 1.807) is 170 Å². The van der Waals surface area contributed by atoms with Crippen LogP contribution in [0.3, 0.4) is 0 Å². The number of alkyl halides is 3. The smallest absolute Gasteiger partial charge is 0.308 e. The van der Waals surface area contributed by atoms with Crippen molar-refractivity contribution in [1.29, 1.82) is 10.5 Å². The molecule has 14 heteroatoms. The zero-order chi connectivity index (χ0) is 55.0. The number of halogens is 8. The third-order valence-corrected chi connectivity index (χ3v) is 14.3. The lowest BCUT2D eigenvalue weighted by Gasteiger charge is -2.24. The van der Waals surface area contributed by atoms with E-state index in [-0.39, 0.29) is 44.6 Å². The highest BCUT2D eigenvalue weighted by Gasteiger charge is 2.41. The number of fused-ring (bicyclic) bond motifs is 6. The summed E-state index contributed by atoms with van der Waals surface area (Å²) in [7, 11) is 0. The van der Waals surface area contributed by atoms with Crippen molar-refractivity contribution in [2.24, 2.45) is 0 Å². The Kier molecular flexibility index (Phi) is 11.7. The molecule has 6 nitrogen and oxygen atoms in total. The minimum atomic E-state index is -5.41. The Morgan fingerprint density at radius 1 is 0.380 bits per heavy atom. The van der Waals surface area contributed by atoms with Crippen molar-refractivity contribution in [3.05, 3.63) is 251 Å². The molecule has 0 radical (unpaired) electrons. The van der Waals surface area contributed by atoms with Crippen molar-refractivity contribution in [3.63, 3.8) is 0 Å². The van der Waals surface area contributed by atoms with E-state index in [9.17, 15) is 14.9 Å². The summed E-state index contributed by atoms with van der Waals surface area (Å²) in [5.41, 5.74) is -0.933. The molecule has 12 rings (SSSR count). The second-order valence-electron chi connectivity index (χ2n) is 18.5. The molecule has 0 amide bonds. The third-order valence-electron chi connectivity index (χ3n) is 14.3. The highest BCUT2D eigenvalue weighted by Crippen LogP contribution is 2.49. The van der Waals surface area contributed by atoms with Gasteiger partial charge in [-0.15, -0.1) is 0 Å². The van der Waals surface area contributed by atoms with Crippen LogP contribution in [0.25, 0.3) is 120 Å². The van der Waals surface area contributed by atoms with E-state index in [2.05, 4.69) is 21.8 Å². The molecule has 0 spiro atoms. The second kappa shape index (κ2) is 18.8. The van der Waals surface area contributed by atoms with Gasteiger partial charge >= 0.3 is 6.18 Å². The highest BCUT2D eigenvalue weighted by molar-refractivity contribution is 6.13. The van der Waals surface area contributed by atoms with E-state index in [1.807, 2.05) is 0 Å². The SMILES string of the molecule is [C-]#[N+]c1ccccc1-c1ccc2c3ccc(-c4ccccc4C#N)cc3n(-c3cc(-c4c(F)c(F)c(F)c(F)c4F)cc(-n4c5cc(-c6ccccc6C#N)ccc5c5ccc(-c6ccccc6[N+]#[C-])cc54)c3C(F)(F)F)c2c1. The number of hydrogen-bond donors (Lipinski definition) is 0. The average Bonchev–Trinajstić information content (AvgIpc) is 4.07. The number of aromatic nitrogens is 2. The summed E-state index contributed by atoms with van der Waals surface area (Å²) in [6, 6.07) is 51.7. The average molecular weight is 1050 g/mol. The fourth-order valence-electron chi connectivity index (χ4n) is 10.8. The van der Waals surface area contributed by atoms with Gasteiger partial charge in [-0.1, -0.05) is 133 Å². The molecule has 0 fully saturated rings. The van der Waals surface area contributed by atoms with Crippen LogP contribution < -0.4 is 0 Å². The van der Waals surface area contributed by atoms with Gasteiger partial charge in [0.25, 0.3) is 0 Å². The Morgan fingerprint density at radius 2 is 0.696 bits per heavy atom. The van der Waals surface area contributed by atoms with Gasteiger partial charge in [0.2, 0.25) is 5.82 Å². The molecule has 79 heavy (non-hydrogen) atoms. The molecule has 0 unspecified atom stereocenters. The molecule has 0 bridgehead atoms. The molecule has 0 N–H and O–H groups in total. The molecule has 0 saturated heterocycles. The van der Waals surface area contributed by atoms with Crippen LogP contribution >= 0.6 is 0 Å². The zero-order valence-corrected chi connectivity index (χ0v) is 40.5. The van der Waals surface area contributed by atoms with E-state index in [1.165, 1.54) is 9.13 Å². The van der Waals surface area contributed by atoms with Crippen LogP contribution in [0.2, 0.25) is 0 Å². The first-order valence-corrected chi connectivity index (χ1v) is 24.1. The number of para-hydroxylation sites is 2. The molecular formula is C65H30F8N6. The summed E-state index contributed by atoms with van der Waals surface area (Å²) in [4.78, 5) is 7.35. The van der Waals surface area contributed by atoms with Crippen molar-refractivity contribution in [2.75, 3.05) is 0 Å². The van der Waals surface area contributed by atoms with E-state index < -0.39 is 63.3 Å². The molecule has 0 aliphatic rings. The maximum Gasteiger partial charge on any atom is 0.420 e. The van der Waals surface area contributed by atoms with Gasteiger partial charge in [0.05, 0.1) is 75.4 Å². The largest absolute Gasteiger partial charge is 0.420 e. The van der Waals surface area contributed by atoms with Crippen molar-refractivity contribution < 1.29 is 35.1 Å². The predicted octanol–water partition coefficient (Wildman–Crippen LogP) is 18.8. The fraction of sp³-hybridized carbons (Fsp3) is 0.0154. The summed E-state index contributed by atoms with van der Waals surface area (Å²) in [5.74, 6) is -11.8. The summed E-state index contributed by atoms with van der Waals surface area (Å²) >= 11 is 0. The Hall–Kier alpha value is -10.8. The quantitative estimate of drug-likeness (QED) is 0.0691. The minimum Gasteiger partial charge on any atom is -0.308 e. The van der Waals surface area contributed by atoms with Gasteiger partial charge in [-0.3, -0.25) is 0 Å². The van der Waals surface area contributed by atoms with Crippen molar-refractivity contribution >= 4 is 55.0 Å². The topological polar surface area (TPSA) is 66.2 Å². The zero-order valence-electron chi connectivity index (χ0n) is 40.5. The standard InChI is InChI=1S/C65H30F8N6/c1-76-50-17-9-7-15-44(50)37-21-25-48-46-23-19-35(42-13-5-3-11-39(42)33-74)27-52(46)78(54(48)29-37)56-31-41(58-60(66)62(68)64(70)63(69)61(58)67)32-57(59(56)65(71,72)73)79-53-28-36(43-14-6-4-12-40(43)34-75)20-24-47(53)49-26-22-38(30-55(49)79)45-16-8-10-18-51(45)77-2/h3-32H. The summed E-state index contributed by atoms with van der Waals surface area (Å²) in [5, 5.41) is 21.9. The minimum absolute atomic E-state index is 0.0810. The van der Waals surface area contributed by atoms with E-state index in [0.29, 0.717) is 66.1 Å². The van der Waals surface area contributed by atoms with Crippen LogP contribution in [-0.4, -0.2) is 9.13 Å². The lowest BCUT2D eigenvalue weighted by Crippen LogP contribution is -2.16. The Morgan fingerprint density at radius 3 is 1.04 bits per heavy atom. The number of hydrogen-bond acceptors (Lipinski definition) is 2. The molecule has 376 valence electrons. The Labute approximate surface area is 444 Å². The van der Waals surface area contributed by atoms with Gasteiger partial charge in [-0.25, -0.2) is 31.6 Å². The lowest BCUT2D eigenvalue weighted by molar-refractivity contribution is -0.137. The maximum atomic E-state index is 17.3. The van der Waals surface area contributed by atoms with E-state index in [4.69, 9.17) is 13.1 Å².